The number of carbonyl (C=O) groups is 1. The van der Waals surface area contributed by atoms with E-state index in [1.54, 1.807) is 0 Å². The number of rotatable bonds is 4. The summed E-state index contributed by atoms with van der Waals surface area (Å²) in [7, 11) is 1.95. The van der Waals surface area contributed by atoms with E-state index in [0.717, 1.165) is 18.3 Å². The van der Waals surface area contributed by atoms with Crippen molar-refractivity contribution in [2.45, 2.75) is 12.8 Å². The maximum absolute atomic E-state index is 10.6. The molecule has 0 aliphatic heterocycles. The van der Waals surface area contributed by atoms with Crippen LogP contribution in [0.1, 0.15) is 23.3 Å². The first-order chi connectivity index (χ1) is 7.16. The molecule has 1 N–H and O–H groups in total. The minimum absolute atomic E-state index is 0.0152. The molecule has 2 rings (SSSR count). The van der Waals surface area contributed by atoms with Gasteiger partial charge in [0.2, 0.25) is 0 Å². The molecule has 5 heteroatoms. The van der Waals surface area contributed by atoms with Gasteiger partial charge >= 0.3 is 5.97 Å². The number of aromatic carboxylic acids is 1. The normalized spacial score (nSPS) is 15.0. The fraction of sp³-hybridized carbons (Fsp3) is 0.500. The zero-order valence-corrected chi connectivity index (χ0v) is 8.55. The van der Waals surface area contributed by atoms with Crippen molar-refractivity contribution in [3.63, 3.8) is 0 Å². The molecular weight excluding hydrogens is 194 g/mol. The van der Waals surface area contributed by atoms with E-state index < -0.39 is 5.97 Å². The fourth-order valence-corrected chi connectivity index (χ4v) is 1.41. The summed E-state index contributed by atoms with van der Waals surface area (Å²) in [5.74, 6) is 0.460. The van der Waals surface area contributed by atoms with Crippen LogP contribution in [0, 0.1) is 5.92 Å². The highest BCUT2D eigenvalue weighted by Gasteiger charge is 2.23. The molecule has 1 aliphatic carbocycles. The highest BCUT2D eigenvalue weighted by Crippen LogP contribution is 2.30. The molecule has 1 aliphatic rings. The fourth-order valence-electron chi connectivity index (χ4n) is 1.41. The topological polar surface area (TPSA) is 66.3 Å². The van der Waals surface area contributed by atoms with Crippen molar-refractivity contribution in [1.29, 1.82) is 0 Å². The van der Waals surface area contributed by atoms with Crippen LogP contribution in [-0.4, -0.2) is 34.6 Å². The first kappa shape index (κ1) is 9.89. The zero-order chi connectivity index (χ0) is 10.8. The summed E-state index contributed by atoms with van der Waals surface area (Å²) in [5.41, 5.74) is -0.0152. The average molecular weight is 207 g/mol. The smallest absolute Gasteiger partial charge is 0.356 e. The van der Waals surface area contributed by atoms with E-state index in [9.17, 15) is 4.79 Å². The summed E-state index contributed by atoms with van der Waals surface area (Å²) in [5, 5.41) is 8.65. The van der Waals surface area contributed by atoms with E-state index in [2.05, 4.69) is 9.97 Å². The number of nitrogens with zero attached hydrogens (tertiary/aromatic N) is 3. The van der Waals surface area contributed by atoms with Gasteiger partial charge in [-0.05, 0) is 18.8 Å². The molecule has 1 saturated carbocycles. The van der Waals surface area contributed by atoms with Crippen LogP contribution < -0.4 is 4.90 Å². The van der Waals surface area contributed by atoms with Gasteiger partial charge in [-0.25, -0.2) is 14.8 Å². The molecule has 0 saturated heterocycles. The molecule has 1 aromatic heterocycles. The van der Waals surface area contributed by atoms with E-state index in [0.29, 0.717) is 0 Å². The van der Waals surface area contributed by atoms with Gasteiger partial charge in [0.25, 0.3) is 0 Å². The lowest BCUT2D eigenvalue weighted by Crippen LogP contribution is -2.21. The van der Waals surface area contributed by atoms with E-state index >= 15 is 0 Å². The van der Waals surface area contributed by atoms with E-state index in [1.807, 2.05) is 11.9 Å². The third-order valence-electron chi connectivity index (χ3n) is 2.48. The quantitative estimate of drug-likeness (QED) is 0.798. The van der Waals surface area contributed by atoms with Crippen molar-refractivity contribution < 1.29 is 9.90 Å². The predicted molar refractivity (Wildman–Crippen MR) is 55.0 cm³/mol. The van der Waals surface area contributed by atoms with Crippen molar-refractivity contribution in [2.24, 2.45) is 5.92 Å². The lowest BCUT2D eigenvalue weighted by atomic mass is 10.4. The summed E-state index contributed by atoms with van der Waals surface area (Å²) < 4.78 is 0. The molecule has 1 aromatic rings. The minimum atomic E-state index is -1.04. The van der Waals surface area contributed by atoms with Crippen molar-refractivity contribution >= 4 is 11.8 Å². The first-order valence-corrected chi connectivity index (χ1v) is 4.93. The Morgan fingerprint density at radius 1 is 1.53 bits per heavy atom. The van der Waals surface area contributed by atoms with Crippen molar-refractivity contribution in [3.8, 4) is 0 Å². The lowest BCUT2D eigenvalue weighted by Gasteiger charge is -2.16. The van der Waals surface area contributed by atoms with Crippen LogP contribution in [0.4, 0.5) is 5.82 Å². The largest absolute Gasteiger partial charge is 0.476 e. The third kappa shape index (κ3) is 2.43. The number of carboxylic acid groups (broad SMARTS) is 1. The summed E-state index contributed by atoms with van der Waals surface area (Å²) >= 11 is 0. The van der Waals surface area contributed by atoms with Crippen molar-refractivity contribution in [2.75, 3.05) is 18.5 Å². The molecule has 0 atom stereocenters. The van der Waals surface area contributed by atoms with Gasteiger partial charge < -0.3 is 10.0 Å². The second-order valence-electron chi connectivity index (χ2n) is 3.89. The minimum Gasteiger partial charge on any atom is -0.476 e. The Balaban J connectivity index is 2.04. The van der Waals surface area contributed by atoms with E-state index in [4.69, 9.17) is 5.11 Å². The van der Waals surface area contributed by atoms with Crippen molar-refractivity contribution in [3.05, 3.63) is 18.1 Å². The number of aromatic nitrogens is 2. The Bertz CT molecular complexity index is 359. The van der Waals surface area contributed by atoms with Gasteiger partial charge in [0.15, 0.2) is 5.69 Å². The molecule has 15 heavy (non-hydrogen) atoms. The summed E-state index contributed by atoms with van der Waals surface area (Å²) in [6, 6.07) is 0. The van der Waals surface area contributed by atoms with Crippen LogP contribution >= 0.6 is 0 Å². The predicted octanol–water partition coefficient (Wildman–Crippen LogP) is 1.02. The van der Waals surface area contributed by atoms with Crippen LogP contribution in [0.15, 0.2) is 12.4 Å². The van der Waals surface area contributed by atoms with Gasteiger partial charge in [-0.1, -0.05) is 0 Å². The summed E-state index contributed by atoms with van der Waals surface area (Å²) in [4.78, 5) is 20.5. The number of hydrogen-bond acceptors (Lipinski definition) is 4. The molecule has 0 bridgehead atoms. The van der Waals surface area contributed by atoms with Crippen LogP contribution in [-0.2, 0) is 0 Å². The van der Waals surface area contributed by atoms with Crippen molar-refractivity contribution in [1.82, 2.24) is 9.97 Å². The lowest BCUT2D eigenvalue weighted by molar-refractivity contribution is 0.0690. The SMILES string of the molecule is CN(CC1CC1)c1cnc(C(=O)O)cn1. The van der Waals surface area contributed by atoms with E-state index in [1.165, 1.54) is 25.2 Å². The number of carboxylic acids is 1. The first-order valence-electron chi connectivity index (χ1n) is 4.93. The van der Waals surface area contributed by atoms with Gasteiger partial charge in [0.05, 0.1) is 12.4 Å². The number of hydrogen-bond donors (Lipinski definition) is 1. The highest BCUT2D eigenvalue weighted by atomic mass is 16.4. The molecule has 5 nitrogen and oxygen atoms in total. The summed E-state index contributed by atoms with van der Waals surface area (Å²) in [6.45, 7) is 0.973. The molecular formula is C10H13N3O2. The van der Waals surface area contributed by atoms with Gasteiger partial charge in [0.1, 0.15) is 5.82 Å². The van der Waals surface area contributed by atoms with Crippen LogP contribution in [0.3, 0.4) is 0 Å². The van der Waals surface area contributed by atoms with Gasteiger partial charge in [0, 0.05) is 13.6 Å². The molecule has 0 unspecified atom stereocenters. The molecule has 80 valence electrons. The highest BCUT2D eigenvalue weighted by molar-refractivity contribution is 5.84. The van der Waals surface area contributed by atoms with E-state index in [-0.39, 0.29) is 5.69 Å². The summed E-state index contributed by atoms with van der Waals surface area (Å²) in [6.07, 6.45) is 5.36. The second-order valence-corrected chi connectivity index (χ2v) is 3.89. The molecule has 1 fully saturated rings. The van der Waals surface area contributed by atoms with Crippen LogP contribution in [0.25, 0.3) is 0 Å². The van der Waals surface area contributed by atoms with Gasteiger partial charge in [-0.2, -0.15) is 0 Å². The molecule has 0 spiro atoms. The second kappa shape index (κ2) is 3.84. The Morgan fingerprint density at radius 2 is 2.27 bits per heavy atom. The maximum atomic E-state index is 10.6. The Kier molecular flexibility index (Phi) is 2.53. The Hall–Kier alpha value is -1.65. The Morgan fingerprint density at radius 3 is 2.73 bits per heavy atom. The monoisotopic (exact) mass is 207 g/mol. The van der Waals surface area contributed by atoms with Gasteiger partial charge in [-0.3, -0.25) is 0 Å². The third-order valence-corrected chi connectivity index (χ3v) is 2.48. The van der Waals surface area contributed by atoms with Crippen LogP contribution in [0.5, 0.6) is 0 Å². The maximum Gasteiger partial charge on any atom is 0.356 e. The molecule has 0 radical (unpaired) electrons. The molecule has 0 amide bonds. The average Bonchev–Trinajstić information content (AvgIpc) is 3.02. The molecule has 1 heterocycles. The van der Waals surface area contributed by atoms with Crippen LogP contribution in [0.2, 0.25) is 0 Å². The Labute approximate surface area is 87.8 Å². The zero-order valence-electron chi connectivity index (χ0n) is 8.55. The standard InChI is InChI=1S/C10H13N3O2/c1-13(6-7-2-3-7)9-5-11-8(4-12-9)10(14)15/h4-5,7H,2-3,6H2,1H3,(H,14,15). The molecule has 0 aromatic carbocycles. The van der Waals surface area contributed by atoms with Gasteiger partial charge in [-0.15, -0.1) is 0 Å². The number of anilines is 1.